The van der Waals surface area contributed by atoms with E-state index in [1.54, 1.807) is 12.1 Å². The van der Waals surface area contributed by atoms with Crippen molar-refractivity contribution in [1.82, 2.24) is 10.0 Å². The number of hydrogen-bond acceptors (Lipinski definition) is 3. The second kappa shape index (κ2) is 6.37. The third kappa shape index (κ3) is 4.94. The second-order valence-electron chi connectivity index (χ2n) is 5.66. The first-order chi connectivity index (χ1) is 9.13. The van der Waals surface area contributed by atoms with Crippen molar-refractivity contribution in [2.75, 3.05) is 13.1 Å². The Morgan fingerprint density at radius 1 is 1.10 bits per heavy atom. The minimum Gasteiger partial charge on any atom is -0.355 e. The van der Waals surface area contributed by atoms with E-state index in [-0.39, 0.29) is 29.3 Å². The van der Waals surface area contributed by atoms with Gasteiger partial charge in [0.25, 0.3) is 0 Å². The number of benzene rings is 1. The molecule has 1 amide bonds. The topological polar surface area (TPSA) is 75.3 Å². The lowest BCUT2D eigenvalue weighted by Gasteiger charge is -2.19. The Morgan fingerprint density at radius 3 is 2.10 bits per heavy atom. The number of sulfonamides is 1. The minimum absolute atomic E-state index is 0.0128. The Bertz CT molecular complexity index is 557. The van der Waals surface area contributed by atoms with Crippen molar-refractivity contribution in [2.45, 2.75) is 38.0 Å². The van der Waals surface area contributed by atoms with Crippen LogP contribution in [0.5, 0.6) is 0 Å². The van der Waals surface area contributed by atoms with Gasteiger partial charge in [-0.15, -0.1) is 0 Å². The smallest absolute Gasteiger partial charge is 0.240 e. The van der Waals surface area contributed by atoms with Crippen LogP contribution in [-0.2, 0) is 20.2 Å². The van der Waals surface area contributed by atoms with E-state index in [1.165, 1.54) is 6.92 Å². The third-order valence-electron chi connectivity index (χ3n) is 2.82. The zero-order valence-corrected chi connectivity index (χ0v) is 13.2. The van der Waals surface area contributed by atoms with Gasteiger partial charge in [0.05, 0.1) is 4.90 Å². The summed E-state index contributed by atoms with van der Waals surface area (Å²) in [5.74, 6) is -0.182. The molecule has 2 N–H and O–H groups in total. The van der Waals surface area contributed by atoms with Crippen molar-refractivity contribution in [3.8, 4) is 0 Å². The second-order valence-corrected chi connectivity index (χ2v) is 7.42. The van der Waals surface area contributed by atoms with Gasteiger partial charge in [0, 0.05) is 20.0 Å². The summed E-state index contributed by atoms with van der Waals surface area (Å²) in [6.07, 6.45) is 0. The number of hydrogen-bond donors (Lipinski definition) is 2. The maximum atomic E-state index is 12.0. The van der Waals surface area contributed by atoms with Crippen LogP contribution < -0.4 is 10.0 Å². The van der Waals surface area contributed by atoms with Crippen molar-refractivity contribution in [3.63, 3.8) is 0 Å². The maximum absolute atomic E-state index is 12.0. The van der Waals surface area contributed by atoms with E-state index in [9.17, 15) is 13.2 Å². The van der Waals surface area contributed by atoms with Gasteiger partial charge in [-0.3, -0.25) is 4.79 Å². The highest BCUT2D eigenvalue weighted by Gasteiger charge is 2.17. The molecule has 0 saturated heterocycles. The van der Waals surface area contributed by atoms with Crippen LogP contribution in [0.1, 0.15) is 33.3 Å². The van der Waals surface area contributed by atoms with Crippen LogP contribution in [0.25, 0.3) is 0 Å². The van der Waals surface area contributed by atoms with Gasteiger partial charge in [-0.25, -0.2) is 13.1 Å². The zero-order valence-electron chi connectivity index (χ0n) is 12.4. The molecular weight excluding hydrogens is 276 g/mol. The fourth-order valence-electron chi connectivity index (χ4n) is 1.64. The largest absolute Gasteiger partial charge is 0.355 e. The van der Waals surface area contributed by atoms with Crippen molar-refractivity contribution >= 4 is 15.9 Å². The molecule has 0 saturated carbocycles. The summed E-state index contributed by atoms with van der Waals surface area (Å²) in [5, 5.41) is 2.53. The van der Waals surface area contributed by atoms with E-state index >= 15 is 0 Å². The summed E-state index contributed by atoms with van der Waals surface area (Å²) < 4.78 is 26.5. The molecule has 0 unspecified atom stereocenters. The molecule has 0 aliphatic carbocycles. The molecule has 1 rings (SSSR count). The minimum atomic E-state index is -3.52. The number of nitrogens with one attached hydrogen (secondary N) is 2. The summed E-state index contributed by atoms with van der Waals surface area (Å²) in [6.45, 7) is 8.05. The summed E-state index contributed by atoms with van der Waals surface area (Å²) in [5.41, 5.74) is 1.07. The Hall–Kier alpha value is -1.40. The van der Waals surface area contributed by atoms with Gasteiger partial charge in [-0.2, -0.15) is 0 Å². The summed E-state index contributed by atoms with van der Waals surface area (Å²) in [7, 11) is -3.52. The Balaban J connectivity index is 2.71. The Kier molecular flexibility index (Phi) is 5.30. The standard InChI is InChI=1S/C14H22N2O3S/c1-11(17)15-9-10-16-20(18,19)13-7-5-12(6-8-13)14(2,3)4/h5-8,16H,9-10H2,1-4H3,(H,15,17). The molecule has 0 aromatic heterocycles. The highest BCUT2D eigenvalue weighted by Crippen LogP contribution is 2.23. The van der Waals surface area contributed by atoms with Gasteiger partial charge in [0.1, 0.15) is 0 Å². The quantitative estimate of drug-likeness (QED) is 0.807. The van der Waals surface area contributed by atoms with Crippen LogP contribution >= 0.6 is 0 Å². The van der Waals surface area contributed by atoms with Crippen LogP contribution in [0.2, 0.25) is 0 Å². The summed E-state index contributed by atoms with van der Waals surface area (Å²) in [6, 6.07) is 6.84. The van der Waals surface area contributed by atoms with Crippen LogP contribution in [0.15, 0.2) is 29.2 Å². The predicted molar refractivity (Wildman–Crippen MR) is 79.0 cm³/mol. The van der Waals surface area contributed by atoms with E-state index in [1.807, 2.05) is 12.1 Å². The lowest BCUT2D eigenvalue weighted by Crippen LogP contribution is -2.33. The van der Waals surface area contributed by atoms with Crippen LogP contribution in [0, 0.1) is 0 Å². The average molecular weight is 298 g/mol. The molecule has 5 nitrogen and oxygen atoms in total. The van der Waals surface area contributed by atoms with Crippen molar-refractivity contribution in [3.05, 3.63) is 29.8 Å². The van der Waals surface area contributed by atoms with Crippen molar-refractivity contribution in [2.24, 2.45) is 0 Å². The number of amides is 1. The predicted octanol–water partition coefficient (Wildman–Crippen LogP) is 1.40. The van der Waals surface area contributed by atoms with Gasteiger partial charge < -0.3 is 5.32 Å². The molecular formula is C14H22N2O3S. The van der Waals surface area contributed by atoms with Crippen LogP contribution in [-0.4, -0.2) is 27.4 Å². The molecule has 112 valence electrons. The Morgan fingerprint density at radius 2 is 1.65 bits per heavy atom. The molecule has 6 heteroatoms. The molecule has 1 aromatic rings. The highest BCUT2D eigenvalue weighted by molar-refractivity contribution is 7.89. The van der Waals surface area contributed by atoms with E-state index in [2.05, 4.69) is 30.8 Å². The Labute approximate surface area is 120 Å². The lowest BCUT2D eigenvalue weighted by atomic mass is 9.87. The summed E-state index contributed by atoms with van der Waals surface area (Å²) in [4.78, 5) is 10.9. The van der Waals surface area contributed by atoms with Gasteiger partial charge in [0.15, 0.2) is 0 Å². The molecule has 0 fully saturated rings. The molecule has 20 heavy (non-hydrogen) atoms. The first-order valence-electron chi connectivity index (χ1n) is 6.47. The molecule has 0 heterocycles. The normalized spacial score (nSPS) is 12.2. The monoisotopic (exact) mass is 298 g/mol. The average Bonchev–Trinajstić information content (AvgIpc) is 2.34. The molecule has 0 spiro atoms. The fourth-order valence-corrected chi connectivity index (χ4v) is 2.67. The molecule has 0 atom stereocenters. The van der Waals surface area contributed by atoms with Crippen LogP contribution in [0.4, 0.5) is 0 Å². The molecule has 0 bridgehead atoms. The van der Waals surface area contributed by atoms with E-state index in [4.69, 9.17) is 0 Å². The summed E-state index contributed by atoms with van der Waals surface area (Å²) >= 11 is 0. The van der Waals surface area contributed by atoms with E-state index in [0.717, 1.165) is 5.56 Å². The van der Waals surface area contributed by atoms with Crippen molar-refractivity contribution in [1.29, 1.82) is 0 Å². The molecule has 0 radical (unpaired) electrons. The van der Waals surface area contributed by atoms with E-state index in [0.29, 0.717) is 0 Å². The van der Waals surface area contributed by atoms with Gasteiger partial charge in [0.2, 0.25) is 15.9 Å². The highest BCUT2D eigenvalue weighted by atomic mass is 32.2. The maximum Gasteiger partial charge on any atom is 0.240 e. The van der Waals surface area contributed by atoms with Crippen molar-refractivity contribution < 1.29 is 13.2 Å². The van der Waals surface area contributed by atoms with Gasteiger partial charge in [-0.1, -0.05) is 32.9 Å². The molecule has 0 aliphatic heterocycles. The number of rotatable bonds is 5. The third-order valence-corrected chi connectivity index (χ3v) is 4.30. The molecule has 1 aromatic carbocycles. The lowest BCUT2D eigenvalue weighted by molar-refractivity contribution is -0.118. The number of carbonyl (C=O) groups is 1. The zero-order chi connectivity index (χ0) is 15.4. The fraction of sp³-hybridized carbons (Fsp3) is 0.500. The van der Waals surface area contributed by atoms with Gasteiger partial charge in [-0.05, 0) is 23.1 Å². The number of carbonyl (C=O) groups excluding carboxylic acids is 1. The van der Waals surface area contributed by atoms with Gasteiger partial charge >= 0.3 is 0 Å². The first kappa shape index (κ1) is 16.7. The SMILES string of the molecule is CC(=O)NCCNS(=O)(=O)c1ccc(C(C)(C)C)cc1. The van der Waals surface area contributed by atoms with Crippen LogP contribution in [0.3, 0.4) is 0 Å². The first-order valence-corrected chi connectivity index (χ1v) is 7.96. The molecule has 0 aliphatic rings. The van der Waals surface area contributed by atoms with E-state index < -0.39 is 10.0 Å².